The van der Waals surface area contributed by atoms with Gasteiger partial charge < -0.3 is 14.8 Å². The molecule has 1 amide bonds. The highest BCUT2D eigenvalue weighted by Gasteiger charge is 2.37. The summed E-state index contributed by atoms with van der Waals surface area (Å²) in [7, 11) is 0. The Morgan fingerprint density at radius 1 is 1.37 bits per heavy atom. The van der Waals surface area contributed by atoms with Crippen LogP contribution in [0.3, 0.4) is 0 Å². The Balaban J connectivity index is 2.62. The van der Waals surface area contributed by atoms with E-state index < -0.39 is 17.2 Å². The number of hydrogen-bond donors (Lipinski definition) is 1. The van der Waals surface area contributed by atoms with E-state index in [0.29, 0.717) is 6.42 Å². The average molecular weight is 269 g/mol. The first-order valence-corrected chi connectivity index (χ1v) is 7.25. The summed E-state index contributed by atoms with van der Waals surface area (Å²) >= 11 is 0. The molecule has 0 saturated heterocycles. The van der Waals surface area contributed by atoms with Gasteiger partial charge in [-0.3, -0.25) is 0 Å². The van der Waals surface area contributed by atoms with Crippen LogP contribution in [0.2, 0.25) is 0 Å². The van der Waals surface area contributed by atoms with Crippen molar-refractivity contribution in [2.45, 2.75) is 77.4 Å². The Hall–Kier alpha value is -1.06. The van der Waals surface area contributed by atoms with Crippen LogP contribution in [-0.4, -0.2) is 23.5 Å². The van der Waals surface area contributed by atoms with Crippen LogP contribution >= 0.6 is 0 Å². The van der Waals surface area contributed by atoms with E-state index in [4.69, 9.17) is 4.74 Å². The number of ether oxygens (including phenoxy) is 1. The molecule has 0 aliphatic heterocycles. The van der Waals surface area contributed by atoms with Gasteiger partial charge in [-0.25, -0.2) is 4.79 Å². The molecule has 0 spiro atoms. The Morgan fingerprint density at radius 3 is 2.37 bits per heavy atom. The van der Waals surface area contributed by atoms with E-state index in [2.05, 4.69) is 12.2 Å². The zero-order valence-corrected chi connectivity index (χ0v) is 12.6. The molecule has 0 atom stereocenters. The molecular formula is C15H27NO3. The smallest absolute Gasteiger partial charge is 0.408 e. The van der Waals surface area contributed by atoms with Crippen molar-refractivity contribution in [2.75, 3.05) is 0 Å². The van der Waals surface area contributed by atoms with Gasteiger partial charge in [0.15, 0.2) is 0 Å². The van der Waals surface area contributed by atoms with E-state index >= 15 is 0 Å². The van der Waals surface area contributed by atoms with Crippen LogP contribution in [-0.2, 0) is 9.53 Å². The Bertz CT molecular complexity index is 312. The van der Waals surface area contributed by atoms with Gasteiger partial charge in [-0.05, 0) is 52.4 Å². The molecule has 4 nitrogen and oxygen atoms in total. The fraction of sp³-hybridized carbons (Fsp3) is 0.867. The van der Waals surface area contributed by atoms with E-state index in [0.717, 1.165) is 37.9 Å². The lowest BCUT2D eigenvalue weighted by Gasteiger charge is -2.39. The van der Waals surface area contributed by atoms with E-state index in [1.165, 1.54) is 6.42 Å². The third kappa shape index (κ3) is 5.21. The molecule has 0 aromatic carbocycles. The monoisotopic (exact) mass is 269 g/mol. The van der Waals surface area contributed by atoms with Crippen molar-refractivity contribution in [3.8, 4) is 0 Å². The normalized spacial score (nSPS) is 27.7. The lowest BCUT2D eigenvalue weighted by Crippen LogP contribution is -2.52. The summed E-state index contributed by atoms with van der Waals surface area (Å²) in [4.78, 5) is 22.8. The average Bonchev–Trinajstić information content (AvgIpc) is 2.27. The van der Waals surface area contributed by atoms with E-state index in [1.807, 2.05) is 20.8 Å². The Labute approximate surface area is 116 Å². The van der Waals surface area contributed by atoms with Gasteiger partial charge in [0.05, 0.1) is 5.54 Å². The lowest BCUT2D eigenvalue weighted by atomic mass is 9.74. The van der Waals surface area contributed by atoms with Gasteiger partial charge in [0, 0.05) is 6.42 Å². The van der Waals surface area contributed by atoms with Gasteiger partial charge in [0.1, 0.15) is 11.9 Å². The van der Waals surface area contributed by atoms with Crippen molar-refractivity contribution in [2.24, 2.45) is 5.92 Å². The number of hydrogen-bond acceptors (Lipinski definition) is 3. The third-order valence-corrected chi connectivity index (χ3v) is 3.88. The van der Waals surface area contributed by atoms with Crippen molar-refractivity contribution in [1.82, 2.24) is 5.32 Å². The first-order chi connectivity index (χ1) is 8.80. The molecule has 1 fully saturated rings. The lowest BCUT2D eigenvalue weighted by molar-refractivity contribution is -0.109. The number of nitrogens with one attached hydrogen (secondary N) is 1. The summed E-state index contributed by atoms with van der Waals surface area (Å²) in [6.45, 7) is 7.71. The molecule has 0 aromatic heterocycles. The predicted molar refractivity (Wildman–Crippen MR) is 75.0 cm³/mol. The summed E-state index contributed by atoms with van der Waals surface area (Å²) in [6, 6.07) is 0. The van der Waals surface area contributed by atoms with E-state index in [-0.39, 0.29) is 0 Å². The minimum atomic E-state index is -0.507. The summed E-state index contributed by atoms with van der Waals surface area (Å²) < 4.78 is 5.30. The zero-order valence-electron chi connectivity index (χ0n) is 12.6. The topological polar surface area (TPSA) is 55.4 Å². The number of carbonyl (C=O) groups excluding carboxylic acids is 2. The molecule has 1 aliphatic rings. The van der Waals surface area contributed by atoms with E-state index in [1.54, 1.807) is 0 Å². The van der Waals surface area contributed by atoms with Gasteiger partial charge in [-0.1, -0.05) is 13.3 Å². The van der Waals surface area contributed by atoms with Crippen LogP contribution in [0.4, 0.5) is 4.79 Å². The SMILES string of the molecule is CCC1CCC(CC=O)(NC(=O)OC(C)(C)C)CC1. The fourth-order valence-electron chi connectivity index (χ4n) is 2.70. The molecule has 0 bridgehead atoms. The maximum Gasteiger partial charge on any atom is 0.408 e. The highest BCUT2D eigenvalue weighted by molar-refractivity contribution is 5.69. The molecule has 1 aliphatic carbocycles. The Morgan fingerprint density at radius 2 is 1.95 bits per heavy atom. The molecule has 19 heavy (non-hydrogen) atoms. The number of carbonyl (C=O) groups is 2. The molecule has 4 heteroatoms. The highest BCUT2D eigenvalue weighted by Crippen LogP contribution is 2.35. The van der Waals surface area contributed by atoms with Gasteiger partial charge in [0.2, 0.25) is 0 Å². The van der Waals surface area contributed by atoms with Gasteiger partial charge in [-0.2, -0.15) is 0 Å². The number of aldehydes is 1. The molecule has 1 saturated carbocycles. The van der Waals surface area contributed by atoms with Gasteiger partial charge in [-0.15, -0.1) is 0 Å². The van der Waals surface area contributed by atoms with Crippen LogP contribution in [0, 0.1) is 5.92 Å². The molecule has 0 radical (unpaired) electrons. The van der Waals surface area contributed by atoms with Crippen LogP contribution in [0.25, 0.3) is 0 Å². The molecular weight excluding hydrogens is 242 g/mol. The Kier molecular flexibility index (Phi) is 5.39. The highest BCUT2D eigenvalue weighted by atomic mass is 16.6. The quantitative estimate of drug-likeness (QED) is 0.795. The van der Waals surface area contributed by atoms with Crippen molar-refractivity contribution >= 4 is 12.4 Å². The predicted octanol–water partition coefficient (Wildman–Crippen LogP) is 3.44. The van der Waals surface area contributed by atoms with Crippen molar-refractivity contribution in [3.63, 3.8) is 0 Å². The van der Waals surface area contributed by atoms with Crippen molar-refractivity contribution < 1.29 is 14.3 Å². The van der Waals surface area contributed by atoms with Gasteiger partial charge >= 0.3 is 6.09 Å². The van der Waals surface area contributed by atoms with Crippen molar-refractivity contribution in [1.29, 1.82) is 0 Å². The third-order valence-electron chi connectivity index (χ3n) is 3.88. The van der Waals surface area contributed by atoms with Crippen LogP contribution in [0.1, 0.15) is 66.2 Å². The number of amides is 1. The zero-order chi connectivity index (χ0) is 14.5. The largest absolute Gasteiger partial charge is 0.444 e. The van der Waals surface area contributed by atoms with Gasteiger partial charge in [0.25, 0.3) is 0 Å². The van der Waals surface area contributed by atoms with Crippen molar-refractivity contribution in [3.05, 3.63) is 0 Å². The molecule has 0 aromatic rings. The second kappa shape index (κ2) is 6.40. The number of rotatable bonds is 4. The minimum Gasteiger partial charge on any atom is -0.444 e. The summed E-state index contributed by atoms with van der Waals surface area (Å²) in [5.74, 6) is 0.722. The summed E-state index contributed by atoms with van der Waals surface area (Å²) in [5, 5.41) is 2.94. The number of alkyl carbamates (subject to hydrolysis) is 1. The maximum absolute atomic E-state index is 11.9. The summed E-state index contributed by atoms with van der Waals surface area (Å²) in [6.07, 6.45) is 5.91. The summed E-state index contributed by atoms with van der Waals surface area (Å²) in [5.41, 5.74) is -0.900. The maximum atomic E-state index is 11.9. The molecule has 1 N–H and O–H groups in total. The molecule has 1 rings (SSSR count). The first-order valence-electron chi connectivity index (χ1n) is 7.25. The standard InChI is InChI=1S/C15H27NO3/c1-5-12-6-8-15(9-7-12,10-11-17)16-13(18)19-14(2,3)4/h11-12H,5-10H2,1-4H3,(H,16,18). The van der Waals surface area contributed by atoms with Crippen LogP contribution in [0.15, 0.2) is 0 Å². The second-order valence-electron chi connectivity index (χ2n) is 6.63. The fourth-order valence-corrected chi connectivity index (χ4v) is 2.70. The molecule has 110 valence electrons. The first kappa shape index (κ1) is 16.0. The molecule has 0 unspecified atom stereocenters. The van der Waals surface area contributed by atoms with Crippen LogP contribution in [0.5, 0.6) is 0 Å². The second-order valence-corrected chi connectivity index (χ2v) is 6.63. The molecule has 0 heterocycles. The van der Waals surface area contributed by atoms with E-state index in [9.17, 15) is 9.59 Å². The minimum absolute atomic E-state index is 0.378. The van der Waals surface area contributed by atoms with Crippen LogP contribution < -0.4 is 5.32 Å².